The Kier molecular flexibility index (Phi) is 12.0. The molecular weight excluding hydrogens is 494 g/mol. The molecule has 0 heterocycles. The second kappa shape index (κ2) is 15.9. The van der Waals surface area contributed by atoms with Crippen molar-refractivity contribution in [2.24, 2.45) is 5.92 Å². The van der Waals surface area contributed by atoms with Crippen molar-refractivity contribution < 1.29 is 29.0 Å². The molecule has 0 aromatic heterocycles. The van der Waals surface area contributed by atoms with E-state index in [4.69, 9.17) is 9.47 Å². The first-order valence-corrected chi connectivity index (χ1v) is 13.1. The maximum absolute atomic E-state index is 13.5. The Labute approximate surface area is 229 Å². The van der Waals surface area contributed by atoms with E-state index in [9.17, 15) is 19.5 Å². The van der Waals surface area contributed by atoms with Crippen LogP contribution in [-0.2, 0) is 43.3 Å². The summed E-state index contributed by atoms with van der Waals surface area (Å²) in [6.07, 6.45) is 2.14. The number of amides is 1. The third kappa shape index (κ3) is 10.2. The van der Waals surface area contributed by atoms with Crippen molar-refractivity contribution in [1.29, 1.82) is 0 Å². The highest BCUT2D eigenvalue weighted by Crippen LogP contribution is 2.17. The molecule has 0 radical (unpaired) electrons. The molecule has 1 amide bonds. The Hall–Kier alpha value is -4.23. The van der Waals surface area contributed by atoms with E-state index in [-0.39, 0.29) is 19.6 Å². The molecule has 0 aliphatic rings. The molecule has 0 unspecified atom stereocenters. The summed E-state index contributed by atoms with van der Waals surface area (Å²) in [6, 6.07) is 27.2. The Balaban J connectivity index is 1.77. The second-order valence-electron chi connectivity index (χ2n) is 9.08. The van der Waals surface area contributed by atoms with Crippen LogP contribution in [0.1, 0.15) is 30.0 Å². The number of aryl methyl sites for hydroxylation is 1. The first kappa shape index (κ1) is 29.3. The van der Waals surface area contributed by atoms with Crippen molar-refractivity contribution in [1.82, 2.24) is 5.32 Å². The van der Waals surface area contributed by atoms with Crippen LogP contribution in [0.5, 0.6) is 0 Å². The van der Waals surface area contributed by atoms with Gasteiger partial charge < -0.3 is 19.9 Å². The van der Waals surface area contributed by atoms with Crippen LogP contribution in [0.25, 0.3) is 0 Å². The van der Waals surface area contributed by atoms with Gasteiger partial charge in [-0.3, -0.25) is 4.79 Å². The van der Waals surface area contributed by atoms with Crippen LogP contribution in [0.4, 0.5) is 0 Å². The zero-order valence-electron chi connectivity index (χ0n) is 22.1. The van der Waals surface area contributed by atoms with Crippen molar-refractivity contribution in [3.63, 3.8) is 0 Å². The number of esters is 2. The van der Waals surface area contributed by atoms with Gasteiger partial charge in [-0.15, -0.1) is 0 Å². The number of ether oxygens (including phenoxy) is 2. The van der Waals surface area contributed by atoms with Gasteiger partial charge in [0, 0.05) is 12.5 Å². The molecule has 0 bridgehead atoms. The van der Waals surface area contributed by atoms with E-state index in [1.807, 2.05) is 91.0 Å². The lowest BCUT2D eigenvalue weighted by Gasteiger charge is -2.24. The minimum atomic E-state index is -1.27. The smallest absolute Gasteiger partial charge is 0.330 e. The molecule has 0 aliphatic carbocycles. The first-order valence-electron chi connectivity index (χ1n) is 13.1. The monoisotopic (exact) mass is 529 g/mol. The average Bonchev–Trinajstić information content (AvgIpc) is 2.96. The quantitative estimate of drug-likeness (QED) is 0.240. The maximum atomic E-state index is 13.5. The first-order chi connectivity index (χ1) is 19.0. The standard InChI is InChI=1S/C32H35NO6/c1-2-38-30(35)21-20-29(34)27(19-18-24-12-6-3-7-13-24)31(36)33-28(22-25-14-8-4-9-15-25)32(37)39-23-26-16-10-5-11-17-26/h3-17,20-21,27-29,34H,2,18-19,22-23H2,1H3,(H,33,36)/b21-20+/t27-,28-,29-/m0/s1. The van der Waals surface area contributed by atoms with Crippen molar-refractivity contribution in [3.8, 4) is 0 Å². The van der Waals surface area contributed by atoms with Crippen molar-refractivity contribution in [2.45, 2.75) is 44.9 Å². The van der Waals surface area contributed by atoms with E-state index >= 15 is 0 Å². The summed E-state index contributed by atoms with van der Waals surface area (Å²) in [6.45, 7) is 1.95. The molecule has 0 saturated carbocycles. The second-order valence-corrected chi connectivity index (χ2v) is 9.08. The molecule has 204 valence electrons. The van der Waals surface area contributed by atoms with E-state index in [1.54, 1.807) is 6.92 Å². The largest absolute Gasteiger partial charge is 0.463 e. The van der Waals surface area contributed by atoms with Gasteiger partial charge in [0.2, 0.25) is 5.91 Å². The Morgan fingerprint density at radius 3 is 1.97 bits per heavy atom. The summed E-state index contributed by atoms with van der Waals surface area (Å²) in [5, 5.41) is 13.7. The molecule has 3 aromatic rings. The molecular formula is C32H35NO6. The van der Waals surface area contributed by atoms with Gasteiger partial charge >= 0.3 is 11.9 Å². The molecule has 3 atom stereocenters. The molecule has 0 fully saturated rings. The third-order valence-electron chi connectivity index (χ3n) is 6.16. The van der Waals surface area contributed by atoms with E-state index in [0.717, 1.165) is 22.8 Å². The summed E-state index contributed by atoms with van der Waals surface area (Å²) in [4.78, 5) is 38.5. The molecule has 3 aromatic carbocycles. The lowest BCUT2D eigenvalue weighted by atomic mass is 9.92. The number of nitrogens with one attached hydrogen (secondary N) is 1. The van der Waals surface area contributed by atoms with Gasteiger partial charge in [0.05, 0.1) is 18.6 Å². The fourth-order valence-corrected chi connectivity index (χ4v) is 4.08. The van der Waals surface area contributed by atoms with Gasteiger partial charge in [-0.1, -0.05) is 91.0 Å². The lowest BCUT2D eigenvalue weighted by Crippen LogP contribution is -2.48. The van der Waals surface area contributed by atoms with E-state index in [0.29, 0.717) is 12.8 Å². The van der Waals surface area contributed by atoms with Gasteiger partial charge in [-0.2, -0.15) is 0 Å². The SMILES string of the molecule is CCOC(=O)/C=C/[C@H](O)[C@H](CCc1ccccc1)C(=O)N[C@@H](Cc1ccccc1)C(=O)OCc1ccccc1. The van der Waals surface area contributed by atoms with Gasteiger partial charge in [0.1, 0.15) is 12.6 Å². The molecule has 7 heteroatoms. The summed E-state index contributed by atoms with van der Waals surface area (Å²) in [7, 11) is 0. The predicted molar refractivity (Wildman–Crippen MR) is 148 cm³/mol. The van der Waals surface area contributed by atoms with Crippen LogP contribution >= 0.6 is 0 Å². The lowest BCUT2D eigenvalue weighted by molar-refractivity contribution is -0.150. The van der Waals surface area contributed by atoms with Crippen LogP contribution in [0.15, 0.2) is 103 Å². The molecule has 2 N–H and O–H groups in total. The highest BCUT2D eigenvalue weighted by Gasteiger charge is 2.30. The van der Waals surface area contributed by atoms with Crippen LogP contribution < -0.4 is 5.32 Å². The summed E-state index contributed by atoms with van der Waals surface area (Å²) in [5.74, 6) is -2.61. The number of rotatable bonds is 14. The fourth-order valence-electron chi connectivity index (χ4n) is 4.08. The van der Waals surface area contributed by atoms with Gasteiger partial charge in [-0.05, 0) is 42.5 Å². The zero-order valence-corrected chi connectivity index (χ0v) is 22.1. The maximum Gasteiger partial charge on any atom is 0.330 e. The molecule has 0 aliphatic heterocycles. The average molecular weight is 530 g/mol. The summed E-state index contributed by atoms with van der Waals surface area (Å²) >= 11 is 0. The third-order valence-corrected chi connectivity index (χ3v) is 6.16. The molecule has 7 nitrogen and oxygen atoms in total. The number of aliphatic hydroxyl groups excluding tert-OH is 1. The number of benzene rings is 3. The van der Waals surface area contributed by atoms with Crippen LogP contribution in [0.3, 0.4) is 0 Å². The number of hydrogen-bond donors (Lipinski definition) is 2. The van der Waals surface area contributed by atoms with Crippen LogP contribution in [0, 0.1) is 5.92 Å². The van der Waals surface area contributed by atoms with Crippen molar-refractivity contribution in [3.05, 3.63) is 120 Å². The summed E-state index contributed by atoms with van der Waals surface area (Å²) < 4.78 is 10.4. The van der Waals surface area contributed by atoms with E-state index < -0.39 is 35.9 Å². The normalized spacial score (nSPS) is 13.3. The van der Waals surface area contributed by atoms with Crippen molar-refractivity contribution in [2.75, 3.05) is 6.61 Å². The number of carbonyl (C=O) groups excluding carboxylic acids is 3. The topological polar surface area (TPSA) is 102 Å². The summed E-state index contributed by atoms with van der Waals surface area (Å²) in [5.41, 5.74) is 2.68. The minimum absolute atomic E-state index is 0.0726. The van der Waals surface area contributed by atoms with Gasteiger partial charge in [-0.25, -0.2) is 9.59 Å². The van der Waals surface area contributed by atoms with E-state index in [2.05, 4.69) is 5.32 Å². The van der Waals surface area contributed by atoms with Gasteiger partial charge in [0.15, 0.2) is 0 Å². The highest BCUT2D eigenvalue weighted by atomic mass is 16.5. The van der Waals surface area contributed by atoms with Crippen molar-refractivity contribution >= 4 is 17.8 Å². The number of carbonyl (C=O) groups is 3. The fraction of sp³-hybridized carbons (Fsp3) is 0.281. The Morgan fingerprint density at radius 2 is 1.38 bits per heavy atom. The zero-order chi connectivity index (χ0) is 27.9. The number of hydrogen-bond acceptors (Lipinski definition) is 6. The predicted octanol–water partition coefficient (Wildman–Crippen LogP) is 4.19. The molecule has 0 saturated heterocycles. The molecule has 39 heavy (non-hydrogen) atoms. The minimum Gasteiger partial charge on any atom is -0.463 e. The van der Waals surface area contributed by atoms with Crippen LogP contribution in [-0.4, -0.2) is 41.7 Å². The van der Waals surface area contributed by atoms with Crippen LogP contribution in [0.2, 0.25) is 0 Å². The molecule has 0 spiro atoms. The van der Waals surface area contributed by atoms with Gasteiger partial charge in [0.25, 0.3) is 0 Å². The van der Waals surface area contributed by atoms with E-state index in [1.165, 1.54) is 6.08 Å². The Morgan fingerprint density at radius 1 is 0.821 bits per heavy atom. The highest BCUT2D eigenvalue weighted by molar-refractivity contribution is 5.87. The Bertz CT molecular complexity index is 1200. The molecule has 3 rings (SSSR count). The number of aliphatic hydroxyl groups is 1.